The number of hydrogen-bond donors (Lipinski definition) is 1. The Morgan fingerprint density at radius 2 is 1.90 bits per heavy atom. The van der Waals surface area contributed by atoms with Crippen LogP contribution in [0.3, 0.4) is 0 Å². The van der Waals surface area contributed by atoms with E-state index in [1.807, 2.05) is 30.3 Å². The zero-order chi connectivity index (χ0) is 21.6. The van der Waals surface area contributed by atoms with Crippen LogP contribution in [0.25, 0.3) is 0 Å². The van der Waals surface area contributed by atoms with E-state index in [0.717, 1.165) is 18.4 Å². The molecular weight excluding hydrogens is 397 g/mol. The van der Waals surface area contributed by atoms with Crippen LogP contribution < -0.4 is 5.32 Å². The van der Waals surface area contributed by atoms with E-state index in [1.54, 1.807) is 21.9 Å². The van der Waals surface area contributed by atoms with Crippen molar-refractivity contribution in [3.63, 3.8) is 0 Å². The second kappa shape index (κ2) is 9.92. The van der Waals surface area contributed by atoms with Gasteiger partial charge in [-0.2, -0.15) is 0 Å². The zero-order valence-electron chi connectivity index (χ0n) is 17.5. The number of amides is 3. The zero-order valence-corrected chi connectivity index (χ0v) is 17.5. The van der Waals surface area contributed by atoms with Crippen molar-refractivity contribution < 1.29 is 18.7 Å². The smallest absolute Gasteiger partial charge is 0.317 e. The molecular formula is C24H28FN3O3. The molecule has 164 valence electrons. The van der Waals surface area contributed by atoms with E-state index in [2.05, 4.69) is 5.32 Å². The number of carbonyl (C=O) groups excluding carboxylic acids is 2. The van der Waals surface area contributed by atoms with Crippen molar-refractivity contribution in [3.8, 4) is 0 Å². The van der Waals surface area contributed by atoms with Crippen LogP contribution >= 0.6 is 0 Å². The summed E-state index contributed by atoms with van der Waals surface area (Å²) in [6.45, 7) is 2.84. The molecule has 0 spiro atoms. The molecule has 1 atom stereocenters. The van der Waals surface area contributed by atoms with Crippen LogP contribution in [0.4, 0.5) is 9.18 Å². The second-order valence-corrected chi connectivity index (χ2v) is 8.25. The quantitative estimate of drug-likeness (QED) is 0.741. The standard InChI is InChI=1S/C24H28FN3O3/c25-21-8-4-7-20(13-21)23(29)28(15-19-9-10-19)17-22-16-27(11-12-31-22)24(30)26-14-18-5-2-1-3-6-18/h1-8,13,19,22H,9-12,14-17H2,(H,26,30)/t22-/m0/s1. The first-order valence-corrected chi connectivity index (χ1v) is 10.8. The monoisotopic (exact) mass is 425 g/mol. The topological polar surface area (TPSA) is 61.9 Å². The van der Waals surface area contributed by atoms with Crippen LogP contribution in [0.5, 0.6) is 0 Å². The largest absolute Gasteiger partial charge is 0.373 e. The van der Waals surface area contributed by atoms with Gasteiger partial charge >= 0.3 is 6.03 Å². The molecule has 0 aromatic heterocycles. The highest BCUT2D eigenvalue weighted by Gasteiger charge is 2.31. The van der Waals surface area contributed by atoms with Crippen molar-refractivity contribution in [2.45, 2.75) is 25.5 Å². The van der Waals surface area contributed by atoms with Crippen molar-refractivity contribution in [3.05, 3.63) is 71.5 Å². The predicted octanol–water partition coefficient (Wildman–Crippen LogP) is 3.29. The number of morpholine rings is 1. The van der Waals surface area contributed by atoms with Gasteiger partial charge in [-0.25, -0.2) is 9.18 Å². The van der Waals surface area contributed by atoms with Gasteiger partial charge in [0.25, 0.3) is 5.91 Å². The third-order valence-corrected chi connectivity index (χ3v) is 5.67. The molecule has 3 amide bonds. The molecule has 6 nitrogen and oxygen atoms in total. The van der Waals surface area contributed by atoms with Crippen molar-refractivity contribution in [2.75, 3.05) is 32.8 Å². The fraction of sp³-hybridized carbons (Fsp3) is 0.417. The third kappa shape index (κ3) is 6.04. The Bertz CT molecular complexity index is 904. The number of ether oxygens (including phenoxy) is 1. The average Bonchev–Trinajstić information content (AvgIpc) is 3.61. The van der Waals surface area contributed by atoms with Gasteiger partial charge in [0.1, 0.15) is 5.82 Å². The highest BCUT2D eigenvalue weighted by molar-refractivity contribution is 5.94. The van der Waals surface area contributed by atoms with Crippen molar-refractivity contribution in [1.29, 1.82) is 0 Å². The molecule has 1 aliphatic heterocycles. The molecule has 31 heavy (non-hydrogen) atoms. The van der Waals surface area contributed by atoms with Gasteiger partial charge in [0.05, 0.1) is 19.3 Å². The summed E-state index contributed by atoms with van der Waals surface area (Å²) in [7, 11) is 0. The summed E-state index contributed by atoms with van der Waals surface area (Å²) in [5.74, 6) is -0.126. The summed E-state index contributed by atoms with van der Waals surface area (Å²) in [6, 6.07) is 15.4. The summed E-state index contributed by atoms with van der Waals surface area (Å²) < 4.78 is 19.5. The molecule has 2 fully saturated rings. The summed E-state index contributed by atoms with van der Waals surface area (Å²) in [5.41, 5.74) is 1.38. The Labute approximate surface area is 182 Å². The van der Waals surface area contributed by atoms with E-state index >= 15 is 0 Å². The van der Waals surface area contributed by atoms with E-state index in [0.29, 0.717) is 50.8 Å². The van der Waals surface area contributed by atoms with E-state index < -0.39 is 5.82 Å². The SMILES string of the molecule is O=C(NCc1ccccc1)N1CCO[C@H](CN(CC2CC2)C(=O)c2cccc(F)c2)C1. The van der Waals surface area contributed by atoms with E-state index in [4.69, 9.17) is 4.74 Å². The third-order valence-electron chi connectivity index (χ3n) is 5.67. The van der Waals surface area contributed by atoms with Gasteiger partial charge in [-0.1, -0.05) is 36.4 Å². The van der Waals surface area contributed by atoms with Gasteiger partial charge in [-0.15, -0.1) is 0 Å². The molecule has 1 N–H and O–H groups in total. The van der Waals surface area contributed by atoms with Crippen LogP contribution in [-0.4, -0.2) is 60.6 Å². The Kier molecular flexibility index (Phi) is 6.82. The number of rotatable bonds is 7. The molecule has 1 saturated carbocycles. The number of nitrogens with zero attached hydrogens (tertiary/aromatic N) is 2. The van der Waals surface area contributed by atoms with Crippen molar-refractivity contribution in [2.24, 2.45) is 5.92 Å². The van der Waals surface area contributed by atoms with Gasteiger partial charge in [0, 0.05) is 31.7 Å². The lowest BCUT2D eigenvalue weighted by Gasteiger charge is -2.36. The molecule has 4 rings (SSSR count). The minimum absolute atomic E-state index is 0.137. The molecule has 2 aliphatic rings. The number of carbonyl (C=O) groups is 2. The highest BCUT2D eigenvalue weighted by atomic mass is 19.1. The first-order chi connectivity index (χ1) is 15.1. The number of benzene rings is 2. The van der Waals surface area contributed by atoms with Crippen LogP contribution in [0, 0.1) is 11.7 Å². The molecule has 1 saturated heterocycles. The molecule has 7 heteroatoms. The summed E-state index contributed by atoms with van der Waals surface area (Å²) in [4.78, 5) is 29.1. The van der Waals surface area contributed by atoms with Crippen LogP contribution in [0.1, 0.15) is 28.8 Å². The number of urea groups is 1. The van der Waals surface area contributed by atoms with Crippen molar-refractivity contribution in [1.82, 2.24) is 15.1 Å². The number of nitrogens with one attached hydrogen (secondary N) is 1. The molecule has 1 aliphatic carbocycles. The van der Waals surface area contributed by atoms with Crippen LogP contribution in [-0.2, 0) is 11.3 Å². The lowest BCUT2D eigenvalue weighted by Crippen LogP contribution is -2.53. The second-order valence-electron chi connectivity index (χ2n) is 8.25. The lowest BCUT2D eigenvalue weighted by molar-refractivity contribution is -0.0282. The fourth-order valence-electron chi connectivity index (χ4n) is 3.80. The molecule has 1 heterocycles. The Balaban J connectivity index is 1.35. The number of halogens is 1. The summed E-state index contributed by atoms with van der Waals surface area (Å²) in [5, 5.41) is 2.95. The van der Waals surface area contributed by atoms with Crippen molar-refractivity contribution >= 4 is 11.9 Å². The molecule has 0 bridgehead atoms. The minimum Gasteiger partial charge on any atom is -0.373 e. The van der Waals surface area contributed by atoms with E-state index in [-0.39, 0.29) is 18.0 Å². The highest BCUT2D eigenvalue weighted by Crippen LogP contribution is 2.30. The number of hydrogen-bond acceptors (Lipinski definition) is 3. The molecule has 0 unspecified atom stereocenters. The molecule has 2 aromatic carbocycles. The molecule has 0 radical (unpaired) electrons. The van der Waals surface area contributed by atoms with Crippen LogP contribution in [0.15, 0.2) is 54.6 Å². The Morgan fingerprint density at radius 3 is 2.65 bits per heavy atom. The van der Waals surface area contributed by atoms with Gasteiger partial charge < -0.3 is 19.9 Å². The first kappa shape index (κ1) is 21.3. The van der Waals surface area contributed by atoms with Gasteiger partial charge in [-0.05, 0) is 42.5 Å². The summed E-state index contributed by atoms with van der Waals surface area (Å²) in [6.07, 6.45) is 1.94. The maximum atomic E-state index is 13.6. The first-order valence-electron chi connectivity index (χ1n) is 10.8. The van der Waals surface area contributed by atoms with Gasteiger partial charge in [-0.3, -0.25) is 4.79 Å². The average molecular weight is 426 g/mol. The molecule has 2 aromatic rings. The normalized spacial score (nSPS) is 18.5. The maximum Gasteiger partial charge on any atom is 0.317 e. The van der Waals surface area contributed by atoms with E-state index in [1.165, 1.54) is 12.1 Å². The fourth-order valence-corrected chi connectivity index (χ4v) is 3.80. The minimum atomic E-state index is -0.424. The van der Waals surface area contributed by atoms with Gasteiger partial charge in [0.15, 0.2) is 0 Å². The Hall–Kier alpha value is -2.93. The van der Waals surface area contributed by atoms with Gasteiger partial charge in [0.2, 0.25) is 0 Å². The predicted molar refractivity (Wildman–Crippen MR) is 115 cm³/mol. The maximum absolute atomic E-state index is 13.6. The lowest BCUT2D eigenvalue weighted by atomic mass is 10.1. The summed E-state index contributed by atoms with van der Waals surface area (Å²) >= 11 is 0. The van der Waals surface area contributed by atoms with E-state index in [9.17, 15) is 14.0 Å². The van der Waals surface area contributed by atoms with Crippen LogP contribution in [0.2, 0.25) is 0 Å². The Morgan fingerprint density at radius 1 is 1.10 bits per heavy atom.